The summed E-state index contributed by atoms with van der Waals surface area (Å²) in [5.74, 6) is 1.54. The summed E-state index contributed by atoms with van der Waals surface area (Å²) in [4.78, 5) is 13.1. The van der Waals surface area contributed by atoms with E-state index in [2.05, 4.69) is 95.4 Å². The van der Waals surface area contributed by atoms with Crippen molar-refractivity contribution in [3.63, 3.8) is 0 Å². The molecule has 0 aromatic heterocycles. The molecule has 0 aromatic rings. The average molecular weight is 603 g/mol. The van der Waals surface area contributed by atoms with Crippen molar-refractivity contribution < 1.29 is 23.9 Å². The molecule has 0 aliphatic carbocycles. The van der Waals surface area contributed by atoms with Gasteiger partial charge in [-0.05, 0) is 98.5 Å². The molecule has 0 radical (unpaired) electrons. The topological polar surface area (TPSA) is 76.0 Å². The predicted octanol–water partition coefficient (Wildman–Crippen LogP) is 8.99. The molecule has 6 atom stereocenters. The maximum absolute atomic E-state index is 13.1. The van der Waals surface area contributed by atoms with E-state index in [4.69, 9.17) is 8.85 Å². The second-order valence-corrected chi connectivity index (χ2v) is 25.6. The molecule has 240 valence electrons. The van der Waals surface area contributed by atoms with E-state index in [9.17, 15) is 15.0 Å². The average Bonchev–Trinajstić information content (AvgIpc) is 2.83. The van der Waals surface area contributed by atoms with Gasteiger partial charge in [-0.25, -0.2) is 0 Å². The number of ketones is 1. The third kappa shape index (κ3) is 13.9. The number of carbonyl (C=O) groups excluding carboxylic acids is 1. The van der Waals surface area contributed by atoms with Crippen LogP contribution >= 0.6 is 0 Å². The molecular formula is C33H70O5Si2. The van der Waals surface area contributed by atoms with Gasteiger partial charge in [0.2, 0.25) is 0 Å². The van der Waals surface area contributed by atoms with Crippen molar-refractivity contribution in [2.45, 2.75) is 169 Å². The van der Waals surface area contributed by atoms with E-state index in [0.717, 1.165) is 38.5 Å². The van der Waals surface area contributed by atoms with Crippen molar-refractivity contribution in [2.24, 2.45) is 23.7 Å². The standard InChI is InChI=1S/C33H70O5Si2/c1-25(24-35)17-22-30(37-39(11,12)32(5,6)7)26(2)18-20-29(36)21-19-28(4)31(27(3)16-15-23-34)38-40(13,14)33(8,9)10/h25-28,30-31,34-35H,15-24H2,1-14H3/t25-,26+,27+,28-,30-,31-/m0/s1. The van der Waals surface area contributed by atoms with Crippen LogP contribution in [0.25, 0.3) is 0 Å². The lowest BCUT2D eigenvalue weighted by atomic mass is 9.86. The molecule has 0 rings (SSSR count). The van der Waals surface area contributed by atoms with Gasteiger partial charge in [-0.2, -0.15) is 0 Å². The Labute approximate surface area is 251 Å². The Bertz CT molecular complexity index is 711. The van der Waals surface area contributed by atoms with E-state index in [0.29, 0.717) is 36.4 Å². The summed E-state index contributed by atoms with van der Waals surface area (Å²) >= 11 is 0. The highest BCUT2D eigenvalue weighted by Gasteiger charge is 2.42. The summed E-state index contributed by atoms with van der Waals surface area (Å²) in [6, 6.07) is 0. The summed E-state index contributed by atoms with van der Waals surface area (Å²) in [6.45, 7) is 32.1. The third-order valence-corrected chi connectivity index (χ3v) is 19.1. The number of aliphatic hydroxyl groups is 2. The van der Waals surface area contributed by atoms with Gasteiger partial charge in [0.15, 0.2) is 16.6 Å². The summed E-state index contributed by atoms with van der Waals surface area (Å²) in [7, 11) is -3.90. The second-order valence-electron chi connectivity index (χ2n) is 16.0. The van der Waals surface area contributed by atoms with E-state index in [-0.39, 0.29) is 41.4 Å². The first-order valence-corrected chi connectivity index (χ1v) is 22.0. The Morgan fingerprint density at radius 3 is 1.57 bits per heavy atom. The van der Waals surface area contributed by atoms with Gasteiger partial charge < -0.3 is 19.1 Å². The molecule has 7 heteroatoms. The molecule has 0 amide bonds. The van der Waals surface area contributed by atoms with Crippen LogP contribution in [0.15, 0.2) is 0 Å². The quantitative estimate of drug-likeness (QED) is 0.136. The maximum Gasteiger partial charge on any atom is 0.192 e. The fourth-order valence-electron chi connectivity index (χ4n) is 4.70. The van der Waals surface area contributed by atoms with Crippen LogP contribution in [-0.4, -0.2) is 58.1 Å². The van der Waals surface area contributed by atoms with E-state index < -0.39 is 16.6 Å². The molecule has 0 heterocycles. The summed E-state index contributed by atoms with van der Waals surface area (Å²) < 4.78 is 13.8. The van der Waals surface area contributed by atoms with Crippen molar-refractivity contribution in [2.75, 3.05) is 13.2 Å². The van der Waals surface area contributed by atoms with Gasteiger partial charge in [-0.15, -0.1) is 0 Å². The SMILES string of the molecule is C[C@H](CO)CC[C@H](O[Si](C)(C)C(C)(C)C)[C@H](C)CCC(=O)CC[C@H](C)[C@@H](O[Si](C)(C)C(C)(C)C)[C@H](C)CCCO. The lowest BCUT2D eigenvalue weighted by Gasteiger charge is -2.43. The first-order chi connectivity index (χ1) is 18.1. The highest BCUT2D eigenvalue weighted by molar-refractivity contribution is 6.74. The van der Waals surface area contributed by atoms with E-state index in [1.165, 1.54) is 0 Å². The summed E-state index contributed by atoms with van der Waals surface area (Å²) in [5, 5.41) is 19.2. The lowest BCUT2D eigenvalue weighted by molar-refractivity contribution is -0.120. The number of aliphatic hydroxyl groups excluding tert-OH is 2. The molecule has 0 unspecified atom stereocenters. The van der Waals surface area contributed by atoms with Gasteiger partial charge in [0.25, 0.3) is 0 Å². The molecule has 0 fully saturated rings. The Balaban J connectivity index is 5.29. The van der Waals surface area contributed by atoms with Gasteiger partial charge in [0.05, 0.1) is 6.10 Å². The van der Waals surface area contributed by atoms with Crippen molar-refractivity contribution in [3.05, 3.63) is 0 Å². The molecule has 40 heavy (non-hydrogen) atoms. The van der Waals surface area contributed by atoms with E-state index in [1.807, 2.05) is 0 Å². The largest absolute Gasteiger partial charge is 0.414 e. The van der Waals surface area contributed by atoms with Crippen LogP contribution in [0.4, 0.5) is 0 Å². The second kappa shape index (κ2) is 17.3. The number of Topliss-reactive ketones (excluding diaryl/α,β-unsaturated/α-hetero) is 1. The minimum absolute atomic E-state index is 0.107. The monoisotopic (exact) mass is 602 g/mol. The van der Waals surface area contributed by atoms with Gasteiger partial charge in [-0.3, -0.25) is 4.79 Å². The fourth-order valence-corrected chi connectivity index (χ4v) is 7.65. The van der Waals surface area contributed by atoms with E-state index in [1.54, 1.807) is 0 Å². The normalized spacial score (nSPS) is 18.2. The third-order valence-electron chi connectivity index (χ3n) is 10.1. The van der Waals surface area contributed by atoms with Crippen LogP contribution in [0.3, 0.4) is 0 Å². The molecule has 0 aliphatic heterocycles. The summed E-state index contributed by atoms with van der Waals surface area (Å²) in [6.07, 6.45) is 6.69. The smallest absolute Gasteiger partial charge is 0.192 e. The summed E-state index contributed by atoms with van der Waals surface area (Å²) in [5.41, 5.74) is 0. The zero-order valence-corrected chi connectivity index (χ0v) is 31.2. The Kier molecular flexibility index (Phi) is 17.3. The minimum atomic E-state index is -1.96. The Hall–Kier alpha value is -0.0562. The molecule has 0 spiro atoms. The number of hydrogen-bond acceptors (Lipinski definition) is 5. The van der Waals surface area contributed by atoms with Gasteiger partial charge >= 0.3 is 0 Å². The van der Waals surface area contributed by atoms with Crippen molar-refractivity contribution in [1.82, 2.24) is 0 Å². The van der Waals surface area contributed by atoms with Crippen LogP contribution < -0.4 is 0 Å². The number of hydrogen-bond donors (Lipinski definition) is 2. The Morgan fingerprint density at radius 2 is 1.12 bits per heavy atom. The first-order valence-electron chi connectivity index (χ1n) is 16.2. The first kappa shape index (κ1) is 39.9. The van der Waals surface area contributed by atoms with Crippen LogP contribution in [0, 0.1) is 23.7 Å². The van der Waals surface area contributed by atoms with Crippen LogP contribution in [0.1, 0.15) is 121 Å². The lowest BCUT2D eigenvalue weighted by Crippen LogP contribution is -2.47. The molecule has 0 saturated heterocycles. The zero-order chi connectivity index (χ0) is 31.5. The van der Waals surface area contributed by atoms with Crippen LogP contribution in [0.2, 0.25) is 36.3 Å². The number of rotatable bonds is 20. The predicted molar refractivity (Wildman–Crippen MR) is 177 cm³/mol. The molecule has 2 N–H and O–H groups in total. The molecular weight excluding hydrogens is 533 g/mol. The molecule has 5 nitrogen and oxygen atoms in total. The highest BCUT2D eigenvalue weighted by Crippen LogP contribution is 2.41. The zero-order valence-electron chi connectivity index (χ0n) is 29.2. The van der Waals surface area contributed by atoms with Gasteiger partial charge in [-0.1, -0.05) is 69.2 Å². The molecule has 0 saturated carbocycles. The van der Waals surface area contributed by atoms with Crippen molar-refractivity contribution >= 4 is 22.4 Å². The minimum Gasteiger partial charge on any atom is -0.414 e. The highest BCUT2D eigenvalue weighted by atomic mass is 28.4. The molecule has 0 aromatic carbocycles. The number of carbonyl (C=O) groups is 1. The molecule has 0 aliphatic rings. The van der Waals surface area contributed by atoms with Crippen molar-refractivity contribution in [3.8, 4) is 0 Å². The van der Waals surface area contributed by atoms with Crippen molar-refractivity contribution in [1.29, 1.82) is 0 Å². The van der Waals surface area contributed by atoms with Crippen LogP contribution in [-0.2, 0) is 13.6 Å². The van der Waals surface area contributed by atoms with Gasteiger partial charge in [0.1, 0.15) is 5.78 Å². The Morgan fingerprint density at radius 1 is 0.675 bits per heavy atom. The van der Waals surface area contributed by atoms with Gasteiger partial charge in [0, 0.05) is 32.2 Å². The van der Waals surface area contributed by atoms with E-state index >= 15 is 0 Å². The van der Waals surface area contributed by atoms with Crippen LogP contribution in [0.5, 0.6) is 0 Å². The molecule has 0 bridgehead atoms. The maximum atomic E-state index is 13.1. The fraction of sp³-hybridized carbons (Fsp3) is 0.970.